The first-order valence-corrected chi connectivity index (χ1v) is 15.9. The topological polar surface area (TPSA) is 123 Å². The lowest BCUT2D eigenvalue weighted by Crippen LogP contribution is -2.31. The first-order chi connectivity index (χ1) is 18.1. The van der Waals surface area contributed by atoms with Crippen molar-refractivity contribution < 1.29 is 9.47 Å². The maximum Gasteiger partial charge on any atom is 0.166 e. The maximum atomic E-state index is 8.77. The number of amidine groups is 1. The van der Waals surface area contributed by atoms with E-state index in [0.717, 1.165) is 41.2 Å². The fourth-order valence-corrected chi connectivity index (χ4v) is 5.12. The number of ether oxygens (including phenoxy) is 2. The van der Waals surface area contributed by atoms with Gasteiger partial charge in [-0.25, -0.2) is 15.9 Å². The smallest absolute Gasteiger partial charge is 0.166 e. The molecule has 0 saturated heterocycles. The van der Waals surface area contributed by atoms with Crippen LogP contribution in [0, 0.1) is 11.3 Å². The summed E-state index contributed by atoms with van der Waals surface area (Å²) in [5.74, 6) is 8.23. The van der Waals surface area contributed by atoms with Crippen LogP contribution in [0.25, 0.3) is 5.65 Å². The van der Waals surface area contributed by atoms with E-state index in [1.165, 1.54) is 5.56 Å². The van der Waals surface area contributed by atoms with Crippen LogP contribution in [0.5, 0.6) is 0 Å². The van der Waals surface area contributed by atoms with E-state index in [4.69, 9.17) is 20.6 Å². The summed E-state index contributed by atoms with van der Waals surface area (Å²) < 4.78 is 14.1. The van der Waals surface area contributed by atoms with Gasteiger partial charge in [0.2, 0.25) is 0 Å². The van der Waals surface area contributed by atoms with Crippen LogP contribution in [0.4, 0.5) is 0 Å². The lowest BCUT2D eigenvalue weighted by atomic mass is 9.93. The molecule has 4 rings (SSSR count). The van der Waals surface area contributed by atoms with E-state index in [-0.39, 0.29) is 12.2 Å². The Morgan fingerprint density at radius 1 is 1.21 bits per heavy atom. The van der Waals surface area contributed by atoms with Crippen LogP contribution < -0.4 is 11.3 Å². The summed E-state index contributed by atoms with van der Waals surface area (Å²) in [6, 6.07) is 14.4. The highest BCUT2D eigenvalue weighted by molar-refractivity contribution is 8.32. The molecular formula is C28H39N7O2S. The molecule has 204 valence electrons. The van der Waals surface area contributed by atoms with Crippen LogP contribution in [0.15, 0.2) is 47.6 Å². The highest BCUT2D eigenvalue weighted by Crippen LogP contribution is 2.53. The summed E-state index contributed by atoms with van der Waals surface area (Å²) in [5, 5.41) is 18.1. The average molecular weight is 538 g/mol. The minimum absolute atomic E-state index is 0.186. The van der Waals surface area contributed by atoms with Crippen LogP contribution in [-0.4, -0.2) is 64.9 Å². The van der Waals surface area contributed by atoms with E-state index in [0.29, 0.717) is 25.4 Å². The molecule has 0 radical (unpaired) electrons. The van der Waals surface area contributed by atoms with Gasteiger partial charge in [-0.2, -0.15) is 5.26 Å². The van der Waals surface area contributed by atoms with Crippen molar-refractivity contribution in [2.24, 2.45) is 10.8 Å². The largest absolute Gasteiger partial charge is 0.355 e. The molecule has 1 aliphatic rings. The minimum Gasteiger partial charge on any atom is -0.355 e. The van der Waals surface area contributed by atoms with E-state index in [9.17, 15) is 0 Å². The van der Waals surface area contributed by atoms with Crippen molar-refractivity contribution in [1.29, 1.82) is 5.26 Å². The molecule has 9 nitrogen and oxygen atoms in total. The molecule has 3 aromatic rings. The van der Waals surface area contributed by atoms with Crippen LogP contribution in [0.3, 0.4) is 0 Å². The number of aliphatic imine (C=N–C) groups is 1. The number of benzene rings is 1. The molecule has 0 atom stereocenters. The number of nitrogens with two attached hydrogens (primary N) is 1. The third-order valence-electron chi connectivity index (χ3n) is 6.95. The fourth-order valence-electron chi connectivity index (χ4n) is 4.50. The molecule has 0 aliphatic heterocycles. The number of rotatable bonds is 12. The lowest BCUT2D eigenvalue weighted by Gasteiger charge is -2.27. The summed E-state index contributed by atoms with van der Waals surface area (Å²) in [4.78, 5) is 4.39. The third kappa shape index (κ3) is 6.18. The van der Waals surface area contributed by atoms with Crippen LogP contribution >= 0.6 is 10.0 Å². The Hall–Kier alpha value is -2.97. The van der Waals surface area contributed by atoms with Crippen molar-refractivity contribution in [2.75, 3.05) is 44.5 Å². The van der Waals surface area contributed by atoms with Gasteiger partial charge in [-0.05, 0) is 57.1 Å². The lowest BCUT2D eigenvalue weighted by molar-refractivity contribution is -0.128. The molecule has 0 bridgehead atoms. The number of hydrazine groups is 1. The fraction of sp³-hybridized carbons (Fsp3) is 0.500. The molecule has 0 amide bonds. The van der Waals surface area contributed by atoms with Gasteiger partial charge >= 0.3 is 0 Å². The van der Waals surface area contributed by atoms with Gasteiger partial charge in [-0.15, -0.1) is 10.2 Å². The maximum absolute atomic E-state index is 8.77. The number of hydrogen-bond donors (Lipinski definition) is 2. The second-order valence-electron chi connectivity index (χ2n) is 11.1. The summed E-state index contributed by atoms with van der Waals surface area (Å²) in [5.41, 5.74) is 5.70. The second kappa shape index (κ2) is 11.4. The summed E-state index contributed by atoms with van der Waals surface area (Å²) in [6.07, 6.45) is 11.2. The van der Waals surface area contributed by atoms with E-state index in [2.05, 4.69) is 68.1 Å². The van der Waals surface area contributed by atoms with Gasteiger partial charge in [0.1, 0.15) is 18.5 Å². The van der Waals surface area contributed by atoms with E-state index in [1.807, 2.05) is 38.2 Å². The van der Waals surface area contributed by atoms with Crippen molar-refractivity contribution in [3.05, 3.63) is 65.1 Å². The Labute approximate surface area is 226 Å². The SMILES string of the molecule is CC(C)(OCOCCS(C)(C)C)c1cccn2c(C3(c4ccc(C(=NCCC#N)NN)cc4)CC3)nnc12. The van der Waals surface area contributed by atoms with Gasteiger partial charge in [0.15, 0.2) is 5.65 Å². The number of pyridine rings is 1. The zero-order valence-corrected chi connectivity index (χ0v) is 23.8. The van der Waals surface area contributed by atoms with Crippen molar-refractivity contribution >= 4 is 21.5 Å². The Bertz CT molecular complexity index is 1320. The predicted molar refractivity (Wildman–Crippen MR) is 154 cm³/mol. The number of hydrogen-bond acceptors (Lipinski definition) is 7. The number of aromatic nitrogens is 3. The molecule has 1 aliphatic carbocycles. The van der Waals surface area contributed by atoms with Crippen molar-refractivity contribution in [1.82, 2.24) is 20.0 Å². The van der Waals surface area contributed by atoms with Gasteiger partial charge in [0.25, 0.3) is 0 Å². The molecule has 0 unspecified atom stereocenters. The van der Waals surface area contributed by atoms with E-state index >= 15 is 0 Å². The molecule has 0 spiro atoms. The molecule has 1 aromatic carbocycles. The Morgan fingerprint density at radius 2 is 1.95 bits per heavy atom. The highest BCUT2D eigenvalue weighted by atomic mass is 32.3. The average Bonchev–Trinajstić information content (AvgIpc) is 3.57. The second-order valence-corrected chi connectivity index (χ2v) is 15.6. The van der Waals surface area contributed by atoms with Gasteiger partial charge in [0.05, 0.1) is 36.7 Å². The van der Waals surface area contributed by atoms with Gasteiger partial charge < -0.3 is 14.9 Å². The number of nitrogens with zero attached hydrogens (tertiary/aromatic N) is 5. The Morgan fingerprint density at radius 3 is 2.58 bits per heavy atom. The minimum atomic E-state index is -0.590. The van der Waals surface area contributed by atoms with Crippen LogP contribution in [0.1, 0.15) is 55.6 Å². The molecule has 2 aromatic heterocycles. The van der Waals surface area contributed by atoms with Crippen molar-refractivity contribution in [2.45, 2.75) is 44.1 Å². The molecule has 1 saturated carbocycles. The zero-order valence-electron chi connectivity index (χ0n) is 23.0. The van der Waals surface area contributed by atoms with Crippen LogP contribution in [0.2, 0.25) is 0 Å². The number of nitriles is 1. The van der Waals surface area contributed by atoms with E-state index < -0.39 is 15.6 Å². The quantitative estimate of drug-likeness (QED) is 0.0898. The van der Waals surface area contributed by atoms with Crippen molar-refractivity contribution in [3.63, 3.8) is 0 Å². The molecule has 1 fully saturated rings. The normalized spacial score (nSPS) is 15.9. The zero-order chi connectivity index (χ0) is 27.4. The summed E-state index contributed by atoms with van der Waals surface area (Å²) >= 11 is 0. The first-order valence-electron chi connectivity index (χ1n) is 12.8. The van der Waals surface area contributed by atoms with Gasteiger partial charge in [0, 0.05) is 23.1 Å². The molecular weight excluding hydrogens is 498 g/mol. The van der Waals surface area contributed by atoms with Crippen LogP contribution in [-0.2, 0) is 20.5 Å². The monoisotopic (exact) mass is 537 g/mol. The predicted octanol–water partition coefficient (Wildman–Crippen LogP) is 3.85. The molecule has 38 heavy (non-hydrogen) atoms. The highest BCUT2D eigenvalue weighted by Gasteiger charge is 2.50. The summed E-state index contributed by atoms with van der Waals surface area (Å²) in [7, 11) is -0.590. The number of fused-ring (bicyclic) bond motifs is 1. The third-order valence-corrected chi connectivity index (χ3v) is 8.34. The molecule has 3 N–H and O–H groups in total. The Kier molecular flexibility index (Phi) is 8.43. The Balaban J connectivity index is 1.54. The van der Waals surface area contributed by atoms with Crippen molar-refractivity contribution in [3.8, 4) is 6.07 Å². The molecule has 2 heterocycles. The standard InChI is InChI=1S/C28H39N7O2S/c1-27(2,37-20-36-18-19-38(3,4)5)23-8-6-17-35-25(23)33-34-26(35)28(13-14-28)22-11-9-21(10-12-22)24(32-30)31-16-7-15-29/h6,8-12,17H,7,13-14,16,18-20,30H2,1-5H3,(H,31,32). The van der Waals surface area contributed by atoms with Gasteiger partial charge in [-0.3, -0.25) is 9.39 Å². The first kappa shape index (κ1) is 28.0. The van der Waals surface area contributed by atoms with E-state index in [1.54, 1.807) is 0 Å². The number of nitrogens with one attached hydrogen (secondary N) is 1. The molecule has 10 heteroatoms. The summed E-state index contributed by atoms with van der Waals surface area (Å²) in [6.45, 7) is 5.42. The van der Waals surface area contributed by atoms with Gasteiger partial charge in [-0.1, -0.05) is 30.3 Å².